The van der Waals surface area contributed by atoms with Crippen molar-refractivity contribution in [1.29, 1.82) is 0 Å². The largest absolute Gasteiger partial charge is 0.393 e. The summed E-state index contributed by atoms with van der Waals surface area (Å²) in [5, 5.41) is 13.8. The third-order valence-corrected chi connectivity index (χ3v) is 7.88. The van der Waals surface area contributed by atoms with E-state index in [-0.39, 0.29) is 22.8 Å². The Morgan fingerprint density at radius 1 is 1.32 bits per heavy atom. The molecule has 0 spiro atoms. The van der Waals surface area contributed by atoms with E-state index in [0.29, 0.717) is 30.1 Å². The molecule has 122 valence electrons. The van der Waals surface area contributed by atoms with Crippen LogP contribution in [-0.2, 0) is 4.79 Å². The van der Waals surface area contributed by atoms with Gasteiger partial charge in [-0.15, -0.1) is 0 Å². The summed E-state index contributed by atoms with van der Waals surface area (Å²) in [5.41, 5.74) is 1.45. The first-order valence-electron chi connectivity index (χ1n) is 9.05. The fourth-order valence-corrected chi connectivity index (χ4v) is 6.70. The van der Waals surface area contributed by atoms with Crippen molar-refractivity contribution in [2.24, 2.45) is 34.5 Å². The SMILES string of the molecule is C[C@@H]1C[C@H](O)[C@@]2(C)CC[C@H]3[C@@H](CC=C4NC(=O)CC[C@@]43C)[C@H]12. The van der Waals surface area contributed by atoms with Crippen LogP contribution >= 0.6 is 0 Å². The zero-order valence-corrected chi connectivity index (χ0v) is 14.1. The topological polar surface area (TPSA) is 49.3 Å². The minimum absolute atomic E-state index is 0.111. The van der Waals surface area contributed by atoms with Gasteiger partial charge < -0.3 is 10.4 Å². The molecular weight excluding hydrogens is 274 g/mol. The van der Waals surface area contributed by atoms with Crippen molar-refractivity contribution in [2.45, 2.75) is 65.4 Å². The molecule has 0 unspecified atom stereocenters. The summed E-state index contributed by atoms with van der Waals surface area (Å²) < 4.78 is 0. The van der Waals surface area contributed by atoms with Gasteiger partial charge in [0.1, 0.15) is 0 Å². The highest BCUT2D eigenvalue weighted by Gasteiger charge is 2.60. The van der Waals surface area contributed by atoms with Crippen molar-refractivity contribution in [3.05, 3.63) is 11.8 Å². The molecule has 4 aliphatic rings. The lowest BCUT2D eigenvalue weighted by Crippen LogP contribution is -2.54. The molecule has 22 heavy (non-hydrogen) atoms. The molecule has 1 aliphatic heterocycles. The molecule has 0 radical (unpaired) electrons. The third-order valence-electron chi connectivity index (χ3n) is 7.88. The van der Waals surface area contributed by atoms with Crippen molar-refractivity contribution in [3.8, 4) is 0 Å². The van der Waals surface area contributed by atoms with Gasteiger partial charge in [-0.2, -0.15) is 0 Å². The zero-order valence-electron chi connectivity index (χ0n) is 14.1. The highest BCUT2D eigenvalue weighted by atomic mass is 16.3. The lowest BCUT2D eigenvalue weighted by Gasteiger charge is -2.57. The maximum absolute atomic E-state index is 11.8. The molecule has 0 aromatic carbocycles. The van der Waals surface area contributed by atoms with Crippen LogP contribution in [0.3, 0.4) is 0 Å². The molecule has 1 heterocycles. The van der Waals surface area contributed by atoms with E-state index in [1.54, 1.807) is 0 Å². The molecule has 7 atom stereocenters. The van der Waals surface area contributed by atoms with Crippen molar-refractivity contribution >= 4 is 5.91 Å². The number of aliphatic hydroxyl groups excluding tert-OH is 1. The second kappa shape index (κ2) is 4.59. The Kier molecular flexibility index (Phi) is 3.08. The zero-order chi connectivity index (χ0) is 15.7. The second-order valence-corrected chi connectivity index (χ2v) is 8.89. The van der Waals surface area contributed by atoms with E-state index in [4.69, 9.17) is 0 Å². The van der Waals surface area contributed by atoms with Gasteiger partial charge in [0.25, 0.3) is 0 Å². The van der Waals surface area contributed by atoms with Gasteiger partial charge in [0.05, 0.1) is 6.10 Å². The number of aliphatic hydroxyl groups is 1. The number of allylic oxidation sites excluding steroid dienone is 2. The van der Waals surface area contributed by atoms with Gasteiger partial charge in [-0.25, -0.2) is 0 Å². The van der Waals surface area contributed by atoms with Gasteiger partial charge in [-0.1, -0.05) is 26.8 Å². The number of carbonyl (C=O) groups is 1. The molecule has 0 bridgehead atoms. The molecule has 0 aromatic heterocycles. The highest BCUT2D eigenvalue weighted by Crippen LogP contribution is 2.64. The van der Waals surface area contributed by atoms with Crippen LogP contribution < -0.4 is 5.32 Å². The normalized spacial score (nSPS) is 53.9. The van der Waals surface area contributed by atoms with Crippen LogP contribution in [0.1, 0.15) is 59.3 Å². The molecule has 3 fully saturated rings. The minimum Gasteiger partial charge on any atom is -0.393 e. The number of piperidine rings is 1. The fraction of sp³-hybridized carbons (Fsp3) is 0.842. The van der Waals surface area contributed by atoms with Crippen molar-refractivity contribution in [1.82, 2.24) is 5.32 Å². The first-order chi connectivity index (χ1) is 10.4. The van der Waals surface area contributed by atoms with Crippen LogP contribution in [0.5, 0.6) is 0 Å². The average Bonchev–Trinajstić information content (AvgIpc) is 2.70. The summed E-state index contributed by atoms with van der Waals surface area (Å²) in [5.74, 6) is 2.78. The number of amides is 1. The molecule has 1 saturated heterocycles. The van der Waals surface area contributed by atoms with Gasteiger partial charge in [0.15, 0.2) is 0 Å². The van der Waals surface area contributed by atoms with Crippen molar-refractivity contribution in [2.75, 3.05) is 0 Å². The molecule has 3 heteroatoms. The average molecular weight is 303 g/mol. The van der Waals surface area contributed by atoms with Crippen LogP contribution in [0, 0.1) is 34.5 Å². The molecular formula is C19H29NO2. The molecule has 4 rings (SSSR count). The number of carbonyl (C=O) groups excluding carboxylic acids is 1. The number of rotatable bonds is 0. The van der Waals surface area contributed by atoms with Gasteiger partial charge in [-0.05, 0) is 61.2 Å². The first-order valence-corrected chi connectivity index (χ1v) is 9.05. The lowest BCUT2D eigenvalue weighted by atomic mass is 9.49. The minimum atomic E-state index is -0.127. The van der Waals surface area contributed by atoms with E-state index in [2.05, 4.69) is 32.2 Å². The van der Waals surface area contributed by atoms with Gasteiger partial charge in [-0.3, -0.25) is 4.79 Å². The Labute approximate surface area is 133 Å². The fourth-order valence-electron chi connectivity index (χ4n) is 6.70. The maximum atomic E-state index is 11.8. The molecule has 3 aliphatic carbocycles. The number of fused-ring (bicyclic) bond motifs is 5. The standard InChI is InChI=1S/C19H29NO2/c1-11-10-15(21)19(3)8-6-13-12(17(11)19)4-5-14-18(13,2)9-7-16(22)20-14/h5,11-13,15,17,21H,4,6-10H2,1-3H3,(H,20,22)/t11-,12-,13+,15+,17+,18-,19-/m1/s1. The summed E-state index contributed by atoms with van der Waals surface area (Å²) in [6, 6.07) is 0. The van der Waals surface area contributed by atoms with Crippen LogP contribution in [0.4, 0.5) is 0 Å². The quantitative estimate of drug-likeness (QED) is 0.722. The van der Waals surface area contributed by atoms with E-state index >= 15 is 0 Å². The predicted molar refractivity (Wildman–Crippen MR) is 85.8 cm³/mol. The predicted octanol–water partition coefficient (Wildman–Crippen LogP) is 3.24. The maximum Gasteiger partial charge on any atom is 0.224 e. The van der Waals surface area contributed by atoms with Gasteiger partial charge in [0, 0.05) is 17.5 Å². The summed E-state index contributed by atoms with van der Waals surface area (Å²) in [6.07, 6.45) is 8.22. The summed E-state index contributed by atoms with van der Waals surface area (Å²) in [6.45, 7) is 7.03. The molecule has 1 amide bonds. The van der Waals surface area contributed by atoms with Crippen LogP contribution in [-0.4, -0.2) is 17.1 Å². The second-order valence-electron chi connectivity index (χ2n) is 8.89. The van der Waals surface area contributed by atoms with Crippen LogP contribution in [0.2, 0.25) is 0 Å². The van der Waals surface area contributed by atoms with Crippen molar-refractivity contribution in [3.63, 3.8) is 0 Å². The van der Waals surface area contributed by atoms with E-state index in [1.165, 1.54) is 12.1 Å². The van der Waals surface area contributed by atoms with E-state index in [1.807, 2.05) is 0 Å². The number of nitrogens with one attached hydrogen (secondary N) is 1. The van der Waals surface area contributed by atoms with Gasteiger partial charge >= 0.3 is 0 Å². The van der Waals surface area contributed by atoms with Crippen LogP contribution in [0.15, 0.2) is 11.8 Å². The molecule has 3 nitrogen and oxygen atoms in total. The van der Waals surface area contributed by atoms with E-state index < -0.39 is 0 Å². The summed E-state index contributed by atoms with van der Waals surface area (Å²) in [7, 11) is 0. The number of hydrogen-bond acceptors (Lipinski definition) is 2. The molecule has 0 aromatic rings. The Balaban J connectivity index is 1.72. The summed E-state index contributed by atoms with van der Waals surface area (Å²) >= 11 is 0. The summed E-state index contributed by atoms with van der Waals surface area (Å²) in [4.78, 5) is 11.8. The Bertz CT molecular complexity index is 542. The smallest absolute Gasteiger partial charge is 0.224 e. The third kappa shape index (κ3) is 1.75. The van der Waals surface area contributed by atoms with E-state index in [0.717, 1.165) is 25.7 Å². The first kappa shape index (κ1) is 14.7. The Morgan fingerprint density at radius 2 is 2.09 bits per heavy atom. The van der Waals surface area contributed by atoms with Crippen molar-refractivity contribution < 1.29 is 9.90 Å². The lowest BCUT2D eigenvalue weighted by molar-refractivity contribution is -0.125. The van der Waals surface area contributed by atoms with Gasteiger partial charge in [0.2, 0.25) is 5.91 Å². The van der Waals surface area contributed by atoms with E-state index in [9.17, 15) is 9.90 Å². The molecule has 2 N–H and O–H groups in total. The van der Waals surface area contributed by atoms with Crippen LogP contribution in [0.25, 0.3) is 0 Å². The molecule has 2 saturated carbocycles. The Hall–Kier alpha value is -0.830. The number of hydrogen-bond donors (Lipinski definition) is 2. The Morgan fingerprint density at radius 3 is 2.86 bits per heavy atom. The monoisotopic (exact) mass is 303 g/mol. The highest BCUT2D eigenvalue weighted by molar-refractivity contribution is 5.79.